The average molecular weight is 397 g/mol. The van der Waals surface area contributed by atoms with Crippen LogP contribution in [0.2, 0.25) is 0 Å². The Morgan fingerprint density at radius 2 is 2.04 bits per heavy atom. The zero-order valence-electron chi connectivity index (χ0n) is 14.3. The van der Waals surface area contributed by atoms with Crippen molar-refractivity contribution in [3.05, 3.63) is 34.3 Å². The van der Waals surface area contributed by atoms with Gasteiger partial charge in [-0.1, -0.05) is 28.1 Å². The number of benzene rings is 1. The van der Waals surface area contributed by atoms with Crippen molar-refractivity contribution < 1.29 is 14.3 Å². The van der Waals surface area contributed by atoms with Crippen molar-refractivity contribution in [1.82, 2.24) is 9.80 Å². The van der Waals surface area contributed by atoms with Gasteiger partial charge >= 0.3 is 5.97 Å². The van der Waals surface area contributed by atoms with Crippen LogP contribution in [0.3, 0.4) is 0 Å². The van der Waals surface area contributed by atoms with Gasteiger partial charge in [0.15, 0.2) is 0 Å². The zero-order chi connectivity index (χ0) is 17.5. The van der Waals surface area contributed by atoms with Crippen LogP contribution in [0.25, 0.3) is 0 Å². The van der Waals surface area contributed by atoms with Gasteiger partial charge in [0.1, 0.15) is 0 Å². The molecule has 1 fully saturated rings. The predicted octanol–water partition coefficient (Wildman–Crippen LogP) is 2.68. The van der Waals surface area contributed by atoms with E-state index in [9.17, 15) is 9.59 Å². The first-order valence-corrected chi connectivity index (χ1v) is 9.16. The Hall–Kier alpha value is -1.40. The first-order chi connectivity index (χ1) is 11.5. The highest BCUT2D eigenvalue weighted by Gasteiger charge is 2.29. The summed E-state index contributed by atoms with van der Waals surface area (Å²) in [7, 11) is 1.94. The lowest BCUT2D eigenvalue weighted by Gasteiger charge is -2.32. The summed E-state index contributed by atoms with van der Waals surface area (Å²) in [5.41, 5.74) is 1.16. The van der Waals surface area contributed by atoms with E-state index < -0.39 is 0 Å². The number of nitrogens with zero attached hydrogens (tertiary/aromatic N) is 2. The summed E-state index contributed by atoms with van der Waals surface area (Å²) in [6, 6.07) is 8.09. The maximum atomic E-state index is 12.5. The number of amides is 1. The Morgan fingerprint density at radius 3 is 2.71 bits per heavy atom. The number of ether oxygens (including phenoxy) is 1. The van der Waals surface area contributed by atoms with Crippen molar-refractivity contribution >= 4 is 27.8 Å². The molecule has 0 aliphatic carbocycles. The number of carbonyl (C=O) groups is 2. The second-order valence-corrected chi connectivity index (χ2v) is 7.15. The Morgan fingerprint density at radius 1 is 1.33 bits per heavy atom. The molecule has 132 valence electrons. The number of hydrogen-bond acceptors (Lipinski definition) is 4. The topological polar surface area (TPSA) is 49.9 Å². The molecule has 1 aromatic rings. The lowest BCUT2D eigenvalue weighted by atomic mass is 9.98. The van der Waals surface area contributed by atoms with Crippen molar-refractivity contribution in [3.8, 4) is 0 Å². The van der Waals surface area contributed by atoms with Crippen molar-refractivity contribution in [2.45, 2.75) is 26.3 Å². The molecule has 0 aromatic heterocycles. The molecule has 1 heterocycles. The highest BCUT2D eigenvalue weighted by molar-refractivity contribution is 9.10. The molecule has 1 aliphatic rings. The molecule has 1 saturated heterocycles. The van der Waals surface area contributed by atoms with Gasteiger partial charge < -0.3 is 9.64 Å². The van der Waals surface area contributed by atoms with Crippen LogP contribution in [-0.4, -0.2) is 55.0 Å². The Balaban J connectivity index is 1.84. The van der Waals surface area contributed by atoms with Crippen LogP contribution in [-0.2, 0) is 20.9 Å². The highest BCUT2D eigenvalue weighted by Crippen LogP contribution is 2.18. The molecule has 2 rings (SSSR count). The van der Waals surface area contributed by atoms with Crippen LogP contribution in [0.1, 0.15) is 25.3 Å². The highest BCUT2D eigenvalue weighted by atomic mass is 79.9. The molecule has 1 aliphatic heterocycles. The minimum absolute atomic E-state index is 0.0728. The third-order valence-corrected chi connectivity index (χ3v) is 4.69. The van der Waals surface area contributed by atoms with Gasteiger partial charge in [-0.25, -0.2) is 0 Å². The predicted molar refractivity (Wildman–Crippen MR) is 96.4 cm³/mol. The molecule has 0 saturated carbocycles. The molecule has 0 bridgehead atoms. The van der Waals surface area contributed by atoms with Gasteiger partial charge in [0.05, 0.1) is 19.1 Å². The Kier molecular flexibility index (Phi) is 7.24. The van der Waals surface area contributed by atoms with Crippen molar-refractivity contribution in [3.63, 3.8) is 0 Å². The molecule has 1 amide bonds. The summed E-state index contributed by atoms with van der Waals surface area (Å²) in [6.07, 6.45) is 1.66. The first-order valence-electron chi connectivity index (χ1n) is 8.37. The minimum Gasteiger partial charge on any atom is -0.466 e. The average Bonchev–Trinajstić information content (AvgIpc) is 2.57. The van der Waals surface area contributed by atoms with E-state index in [1.54, 1.807) is 11.8 Å². The van der Waals surface area contributed by atoms with E-state index in [1.807, 2.05) is 36.2 Å². The molecule has 0 radical (unpaired) electrons. The molecule has 5 nitrogen and oxygen atoms in total. The number of carbonyl (C=O) groups excluding carboxylic acids is 2. The molecule has 24 heavy (non-hydrogen) atoms. The van der Waals surface area contributed by atoms with Crippen LogP contribution in [0, 0.1) is 5.92 Å². The lowest BCUT2D eigenvalue weighted by molar-refractivity contribution is -0.151. The standard InChI is InChI=1S/C18H25BrN2O3/c1-3-24-18(23)15-5-4-10-21(12-15)17(22)13-20(2)11-14-6-8-16(19)9-7-14/h6-9,15H,3-5,10-13H2,1-2H3. The van der Waals surface area contributed by atoms with Gasteiger partial charge in [-0.2, -0.15) is 0 Å². The molecule has 6 heteroatoms. The SMILES string of the molecule is CCOC(=O)C1CCCN(C(=O)CN(C)Cc2ccc(Br)cc2)C1. The largest absolute Gasteiger partial charge is 0.466 e. The quantitative estimate of drug-likeness (QED) is 0.693. The van der Waals surface area contributed by atoms with E-state index in [0.717, 1.165) is 29.4 Å². The second kappa shape index (κ2) is 9.18. The maximum Gasteiger partial charge on any atom is 0.310 e. The van der Waals surface area contributed by atoms with Crippen molar-refractivity contribution in [1.29, 1.82) is 0 Å². The van der Waals surface area contributed by atoms with Gasteiger partial charge in [0.25, 0.3) is 0 Å². The van der Waals surface area contributed by atoms with Crippen LogP contribution in [0.4, 0.5) is 0 Å². The van der Waals surface area contributed by atoms with Crippen LogP contribution in [0.15, 0.2) is 28.7 Å². The number of hydrogen-bond donors (Lipinski definition) is 0. The maximum absolute atomic E-state index is 12.5. The van der Waals surface area contributed by atoms with Crippen molar-refractivity contribution in [2.24, 2.45) is 5.92 Å². The number of halogens is 1. The molecule has 1 unspecified atom stereocenters. The van der Waals surface area contributed by atoms with Gasteiger partial charge in [-0.05, 0) is 44.5 Å². The first kappa shape index (κ1) is 18.9. The molecule has 1 aromatic carbocycles. The zero-order valence-corrected chi connectivity index (χ0v) is 15.9. The number of likely N-dealkylation sites (tertiary alicyclic amines) is 1. The molecular formula is C18H25BrN2O3. The van der Waals surface area contributed by atoms with Gasteiger partial charge in [0, 0.05) is 24.1 Å². The van der Waals surface area contributed by atoms with E-state index >= 15 is 0 Å². The minimum atomic E-state index is -0.182. The Bertz CT molecular complexity index is 562. The fourth-order valence-electron chi connectivity index (χ4n) is 2.94. The monoisotopic (exact) mass is 396 g/mol. The molecular weight excluding hydrogens is 372 g/mol. The van der Waals surface area contributed by atoms with Crippen LogP contribution >= 0.6 is 15.9 Å². The summed E-state index contributed by atoms with van der Waals surface area (Å²) in [6.45, 7) is 4.46. The molecule has 0 N–H and O–H groups in total. The number of piperidine rings is 1. The number of rotatable bonds is 6. The number of likely N-dealkylation sites (N-methyl/N-ethyl adjacent to an activating group) is 1. The third kappa shape index (κ3) is 5.60. The fraction of sp³-hybridized carbons (Fsp3) is 0.556. The smallest absolute Gasteiger partial charge is 0.310 e. The summed E-state index contributed by atoms with van der Waals surface area (Å²) >= 11 is 3.42. The summed E-state index contributed by atoms with van der Waals surface area (Å²) in [5, 5.41) is 0. The fourth-order valence-corrected chi connectivity index (χ4v) is 3.21. The van der Waals surface area contributed by atoms with Gasteiger partial charge in [0.2, 0.25) is 5.91 Å². The van der Waals surface area contributed by atoms with E-state index in [0.29, 0.717) is 26.2 Å². The molecule has 0 spiro atoms. The van der Waals surface area contributed by atoms with E-state index in [-0.39, 0.29) is 17.8 Å². The van der Waals surface area contributed by atoms with E-state index in [2.05, 4.69) is 15.9 Å². The lowest BCUT2D eigenvalue weighted by Crippen LogP contribution is -2.46. The van der Waals surface area contributed by atoms with Gasteiger partial charge in [-0.15, -0.1) is 0 Å². The normalized spacial score (nSPS) is 17.8. The summed E-state index contributed by atoms with van der Waals surface area (Å²) in [5.74, 6) is -0.291. The molecule has 1 atom stereocenters. The summed E-state index contributed by atoms with van der Waals surface area (Å²) in [4.78, 5) is 28.2. The Labute approximate surface area is 152 Å². The number of esters is 1. The van der Waals surface area contributed by atoms with Gasteiger partial charge in [-0.3, -0.25) is 14.5 Å². The van der Waals surface area contributed by atoms with E-state index in [1.165, 1.54) is 0 Å². The van der Waals surface area contributed by atoms with E-state index in [4.69, 9.17) is 4.74 Å². The third-order valence-electron chi connectivity index (χ3n) is 4.16. The van der Waals surface area contributed by atoms with Crippen LogP contribution in [0.5, 0.6) is 0 Å². The second-order valence-electron chi connectivity index (χ2n) is 6.23. The van der Waals surface area contributed by atoms with Crippen LogP contribution < -0.4 is 0 Å². The summed E-state index contributed by atoms with van der Waals surface area (Å²) < 4.78 is 6.13. The van der Waals surface area contributed by atoms with Crippen molar-refractivity contribution in [2.75, 3.05) is 33.3 Å².